The fourth-order valence-corrected chi connectivity index (χ4v) is 6.78. The maximum Gasteiger partial charge on any atom is 0.224 e. The number of nitrogens with one attached hydrogen (secondary N) is 3. The van der Waals surface area contributed by atoms with Crippen LogP contribution in [0.2, 0.25) is 0 Å². The summed E-state index contributed by atoms with van der Waals surface area (Å²) in [6.45, 7) is 2.13. The fourth-order valence-electron chi connectivity index (χ4n) is 5.87. The summed E-state index contributed by atoms with van der Waals surface area (Å²) in [5.41, 5.74) is 7.25. The number of nitrogens with zero attached hydrogens (tertiary/aromatic N) is 3. The van der Waals surface area contributed by atoms with Gasteiger partial charge in [0.05, 0.1) is 35.0 Å². The van der Waals surface area contributed by atoms with E-state index in [4.69, 9.17) is 0 Å². The molecular formula is C32H30N6OS. The number of hydrogen-bond acceptors (Lipinski definition) is 5. The first-order valence-corrected chi connectivity index (χ1v) is 14.7. The second-order valence-electron chi connectivity index (χ2n) is 10.8. The maximum absolute atomic E-state index is 12.7. The van der Waals surface area contributed by atoms with Crippen LogP contribution in [0.5, 0.6) is 0 Å². The lowest BCUT2D eigenvalue weighted by molar-refractivity contribution is -0.117. The van der Waals surface area contributed by atoms with Crippen molar-refractivity contribution in [1.29, 1.82) is 0 Å². The summed E-state index contributed by atoms with van der Waals surface area (Å²) in [6, 6.07) is 16.9. The quantitative estimate of drug-likeness (QED) is 0.196. The van der Waals surface area contributed by atoms with Crippen molar-refractivity contribution in [2.24, 2.45) is 5.92 Å². The topological polar surface area (TPSA) is 99.3 Å². The Morgan fingerprint density at radius 1 is 1.00 bits per heavy atom. The van der Waals surface area contributed by atoms with E-state index in [1.165, 1.54) is 40.0 Å². The number of pyridine rings is 2. The van der Waals surface area contributed by atoms with Gasteiger partial charge in [-0.1, -0.05) is 31.4 Å². The highest BCUT2D eigenvalue weighted by Gasteiger charge is 2.18. The summed E-state index contributed by atoms with van der Waals surface area (Å²) in [4.78, 5) is 27.9. The normalized spacial score (nSPS) is 14.2. The van der Waals surface area contributed by atoms with E-state index in [9.17, 15) is 4.79 Å². The molecular weight excluding hydrogens is 516 g/mol. The Labute approximate surface area is 236 Å². The van der Waals surface area contributed by atoms with Crippen LogP contribution in [0.25, 0.3) is 54.9 Å². The molecule has 1 saturated carbocycles. The van der Waals surface area contributed by atoms with Crippen molar-refractivity contribution in [2.75, 3.05) is 5.32 Å². The van der Waals surface area contributed by atoms with Crippen molar-refractivity contribution in [3.63, 3.8) is 0 Å². The average Bonchev–Trinajstić information content (AvgIpc) is 3.71. The van der Waals surface area contributed by atoms with Crippen LogP contribution in [0.1, 0.15) is 43.4 Å². The summed E-state index contributed by atoms with van der Waals surface area (Å²) >= 11 is 1.80. The molecule has 3 N–H and O–H groups in total. The fraction of sp³-hybridized carbons (Fsp3) is 0.250. The van der Waals surface area contributed by atoms with Gasteiger partial charge in [-0.25, -0.2) is 0 Å². The third kappa shape index (κ3) is 4.79. The highest BCUT2D eigenvalue weighted by Crippen LogP contribution is 2.37. The van der Waals surface area contributed by atoms with Crippen molar-refractivity contribution >= 4 is 44.7 Å². The van der Waals surface area contributed by atoms with Crippen LogP contribution in [0, 0.1) is 12.8 Å². The third-order valence-electron chi connectivity index (χ3n) is 7.89. The number of hydrogen-bond donors (Lipinski definition) is 3. The van der Waals surface area contributed by atoms with Gasteiger partial charge in [0.15, 0.2) is 0 Å². The standard InChI is InChI=1S/C32H30N6OS/c1-19-10-11-30(40-19)23-8-5-9-26-24(23)14-28(36-26)32-25-15-27(34-18-29(25)37-38-32)21-13-22(17-33-16-21)35-31(39)12-20-6-3-2-4-7-20/h5,8-11,13-18,20,36H,2-4,6-7,12H2,1H3,(H,35,39)(H,37,38). The maximum atomic E-state index is 12.7. The zero-order chi connectivity index (χ0) is 27.1. The molecule has 1 aromatic carbocycles. The lowest BCUT2D eigenvalue weighted by Gasteiger charge is -2.20. The molecule has 1 amide bonds. The lowest BCUT2D eigenvalue weighted by Crippen LogP contribution is -2.18. The Kier molecular flexibility index (Phi) is 6.40. The van der Waals surface area contributed by atoms with Gasteiger partial charge in [-0.3, -0.25) is 19.9 Å². The van der Waals surface area contributed by atoms with E-state index in [1.54, 1.807) is 29.9 Å². The Hall–Kier alpha value is -4.30. The lowest BCUT2D eigenvalue weighted by atomic mass is 9.87. The van der Waals surface area contributed by atoms with E-state index < -0.39 is 0 Å². The molecule has 0 radical (unpaired) electrons. The second kappa shape index (κ2) is 10.4. The van der Waals surface area contributed by atoms with Crippen molar-refractivity contribution < 1.29 is 4.79 Å². The van der Waals surface area contributed by atoms with Gasteiger partial charge in [0, 0.05) is 49.8 Å². The Balaban J connectivity index is 1.19. The second-order valence-corrected chi connectivity index (χ2v) is 12.1. The molecule has 1 aliphatic rings. The van der Waals surface area contributed by atoms with E-state index in [1.807, 2.05) is 12.1 Å². The molecule has 40 heavy (non-hydrogen) atoms. The number of anilines is 1. The van der Waals surface area contributed by atoms with Gasteiger partial charge in [-0.2, -0.15) is 5.10 Å². The first-order chi connectivity index (χ1) is 19.6. The smallest absolute Gasteiger partial charge is 0.224 e. The van der Waals surface area contributed by atoms with E-state index in [2.05, 4.69) is 73.8 Å². The van der Waals surface area contributed by atoms with Crippen molar-refractivity contribution in [2.45, 2.75) is 45.4 Å². The monoisotopic (exact) mass is 546 g/mol. The summed E-state index contributed by atoms with van der Waals surface area (Å²) in [6.07, 6.45) is 11.9. The number of benzene rings is 1. The van der Waals surface area contributed by atoms with E-state index in [0.717, 1.165) is 51.9 Å². The van der Waals surface area contributed by atoms with Crippen LogP contribution in [0.3, 0.4) is 0 Å². The molecule has 0 bridgehead atoms. The van der Waals surface area contributed by atoms with Gasteiger partial charge in [0.2, 0.25) is 5.91 Å². The van der Waals surface area contributed by atoms with Crippen LogP contribution in [-0.4, -0.2) is 31.1 Å². The Morgan fingerprint density at radius 2 is 1.90 bits per heavy atom. The highest BCUT2D eigenvalue weighted by molar-refractivity contribution is 7.15. The molecule has 0 spiro atoms. The largest absolute Gasteiger partial charge is 0.353 e. The first-order valence-electron chi connectivity index (χ1n) is 13.9. The van der Waals surface area contributed by atoms with Crippen LogP contribution in [0.15, 0.2) is 67.1 Å². The van der Waals surface area contributed by atoms with E-state index in [0.29, 0.717) is 18.0 Å². The van der Waals surface area contributed by atoms with E-state index in [-0.39, 0.29) is 5.91 Å². The molecule has 0 atom stereocenters. The van der Waals surface area contributed by atoms with Gasteiger partial charge >= 0.3 is 0 Å². The van der Waals surface area contributed by atoms with Gasteiger partial charge in [0.1, 0.15) is 5.69 Å². The SMILES string of the molecule is Cc1ccc(-c2cccc3[nH]c(-c4n[nH]c5cnc(-c6cncc(NC(=O)CC7CCCCC7)c6)cc45)cc23)s1. The summed E-state index contributed by atoms with van der Waals surface area (Å²) in [5.74, 6) is 0.547. The Morgan fingerprint density at radius 3 is 2.75 bits per heavy atom. The van der Waals surface area contributed by atoms with Crippen molar-refractivity contribution in [3.8, 4) is 33.1 Å². The summed E-state index contributed by atoms with van der Waals surface area (Å²) in [7, 11) is 0. The number of carbonyl (C=O) groups is 1. The predicted molar refractivity (Wildman–Crippen MR) is 162 cm³/mol. The number of rotatable bonds is 6. The Bertz CT molecular complexity index is 1840. The number of aryl methyl sites for hydroxylation is 1. The van der Waals surface area contributed by atoms with Crippen LogP contribution in [-0.2, 0) is 4.79 Å². The van der Waals surface area contributed by atoms with Crippen LogP contribution in [0.4, 0.5) is 5.69 Å². The molecule has 0 saturated heterocycles. The number of thiophene rings is 1. The average molecular weight is 547 g/mol. The molecule has 1 fully saturated rings. The minimum atomic E-state index is 0.0577. The number of fused-ring (bicyclic) bond motifs is 2. The van der Waals surface area contributed by atoms with E-state index >= 15 is 0 Å². The molecule has 5 heterocycles. The number of aromatic nitrogens is 5. The number of amides is 1. The molecule has 8 heteroatoms. The molecule has 0 unspecified atom stereocenters. The number of aromatic amines is 2. The minimum Gasteiger partial charge on any atom is -0.353 e. The van der Waals surface area contributed by atoms with Gasteiger partial charge < -0.3 is 10.3 Å². The molecule has 1 aliphatic carbocycles. The predicted octanol–water partition coefficient (Wildman–Crippen LogP) is 8.11. The summed E-state index contributed by atoms with van der Waals surface area (Å²) in [5, 5.41) is 13.0. The summed E-state index contributed by atoms with van der Waals surface area (Å²) < 4.78 is 0. The zero-order valence-corrected chi connectivity index (χ0v) is 23.1. The molecule has 200 valence electrons. The molecule has 6 aromatic rings. The molecule has 7 rings (SSSR count). The van der Waals surface area contributed by atoms with Gasteiger partial charge in [0.25, 0.3) is 0 Å². The minimum absolute atomic E-state index is 0.0577. The van der Waals surface area contributed by atoms with Gasteiger partial charge in [-0.15, -0.1) is 11.3 Å². The third-order valence-corrected chi connectivity index (χ3v) is 8.92. The molecule has 0 aliphatic heterocycles. The number of H-pyrrole nitrogens is 2. The van der Waals surface area contributed by atoms with Crippen molar-refractivity contribution in [1.82, 2.24) is 25.1 Å². The van der Waals surface area contributed by atoms with Crippen LogP contribution >= 0.6 is 11.3 Å². The highest BCUT2D eigenvalue weighted by atomic mass is 32.1. The van der Waals surface area contributed by atoms with Crippen LogP contribution < -0.4 is 5.32 Å². The number of carbonyl (C=O) groups excluding carboxylic acids is 1. The molecule has 5 aromatic heterocycles. The zero-order valence-electron chi connectivity index (χ0n) is 22.3. The van der Waals surface area contributed by atoms with Gasteiger partial charge in [-0.05, 0) is 62.1 Å². The molecule has 7 nitrogen and oxygen atoms in total. The van der Waals surface area contributed by atoms with Crippen molar-refractivity contribution in [3.05, 3.63) is 72.0 Å². The first kappa shape index (κ1) is 24.7.